The molecule has 0 aliphatic carbocycles. The van der Waals surface area contributed by atoms with Gasteiger partial charge >= 0.3 is 5.97 Å². The van der Waals surface area contributed by atoms with Crippen LogP contribution in [0.25, 0.3) is 0 Å². The van der Waals surface area contributed by atoms with E-state index in [1.54, 1.807) is 14.0 Å². The molecule has 0 aliphatic rings. The van der Waals surface area contributed by atoms with Crippen LogP contribution in [0, 0.1) is 0 Å². The number of aromatic nitrogens is 1. The molecular formula is C12H18N2O5. The lowest BCUT2D eigenvalue weighted by Crippen LogP contribution is -2.29. The van der Waals surface area contributed by atoms with E-state index in [4.69, 9.17) is 14.0 Å². The van der Waals surface area contributed by atoms with Crippen molar-refractivity contribution >= 4 is 11.9 Å². The first-order chi connectivity index (χ1) is 9.08. The van der Waals surface area contributed by atoms with E-state index in [1.807, 2.05) is 0 Å². The van der Waals surface area contributed by atoms with Gasteiger partial charge in [0.05, 0.1) is 13.0 Å². The standard InChI is InChI=1S/C12H18N2O5/c1-4-18-11(15)5-6-14(2)12(16)10-7-9(8-17-3)19-13-10/h7H,4-6,8H2,1-3H3. The van der Waals surface area contributed by atoms with Crippen molar-refractivity contribution in [2.45, 2.75) is 20.0 Å². The number of amides is 1. The number of carbonyl (C=O) groups excluding carboxylic acids is 2. The second-order valence-corrected chi connectivity index (χ2v) is 3.89. The Kier molecular flexibility index (Phi) is 6.01. The third-order valence-electron chi connectivity index (χ3n) is 2.37. The number of ether oxygens (including phenoxy) is 2. The van der Waals surface area contributed by atoms with Gasteiger partial charge in [-0.2, -0.15) is 0 Å². The van der Waals surface area contributed by atoms with Gasteiger partial charge in [-0.3, -0.25) is 9.59 Å². The van der Waals surface area contributed by atoms with Gasteiger partial charge < -0.3 is 18.9 Å². The third-order valence-corrected chi connectivity index (χ3v) is 2.37. The van der Waals surface area contributed by atoms with Crippen LogP contribution in [0.5, 0.6) is 0 Å². The average Bonchev–Trinajstić information content (AvgIpc) is 2.84. The lowest BCUT2D eigenvalue weighted by Gasteiger charge is -2.14. The van der Waals surface area contributed by atoms with E-state index in [1.165, 1.54) is 18.1 Å². The number of esters is 1. The molecule has 19 heavy (non-hydrogen) atoms. The van der Waals surface area contributed by atoms with Gasteiger partial charge in [0.15, 0.2) is 11.5 Å². The molecule has 7 nitrogen and oxygen atoms in total. The van der Waals surface area contributed by atoms with Crippen LogP contribution in [0.4, 0.5) is 0 Å². The molecule has 0 spiro atoms. The van der Waals surface area contributed by atoms with Crippen LogP contribution in [0.3, 0.4) is 0 Å². The highest BCUT2D eigenvalue weighted by atomic mass is 16.5. The Bertz CT molecular complexity index is 430. The van der Waals surface area contributed by atoms with E-state index in [9.17, 15) is 9.59 Å². The Morgan fingerprint density at radius 1 is 1.47 bits per heavy atom. The number of hydrogen-bond acceptors (Lipinski definition) is 6. The molecule has 7 heteroatoms. The molecule has 0 bridgehead atoms. The molecule has 1 aromatic rings. The third kappa shape index (κ3) is 4.70. The predicted octanol–water partition coefficient (Wildman–Crippen LogP) is 0.846. The maximum absolute atomic E-state index is 11.9. The molecule has 0 aromatic carbocycles. The molecular weight excluding hydrogens is 252 g/mol. The summed E-state index contributed by atoms with van der Waals surface area (Å²) in [4.78, 5) is 24.5. The minimum Gasteiger partial charge on any atom is -0.466 e. The molecule has 1 amide bonds. The van der Waals surface area contributed by atoms with Crippen molar-refractivity contribution in [3.63, 3.8) is 0 Å². The van der Waals surface area contributed by atoms with E-state index in [0.29, 0.717) is 12.4 Å². The molecule has 0 saturated heterocycles. The Hall–Kier alpha value is -1.89. The lowest BCUT2D eigenvalue weighted by atomic mass is 10.3. The van der Waals surface area contributed by atoms with Crippen LogP contribution in [0.15, 0.2) is 10.6 Å². The largest absolute Gasteiger partial charge is 0.466 e. The SMILES string of the molecule is CCOC(=O)CCN(C)C(=O)c1cc(COC)on1. The second kappa shape index (κ2) is 7.52. The molecule has 0 unspecified atom stereocenters. The Balaban J connectivity index is 2.49. The van der Waals surface area contributed by atoms with Crippen LogP contribution in [0.2, 0.25) is 0 Å². The molecule has 1 aromatic heterocycles. The van der Waals surface area contributed by atoms with Crippen LogP contribution >= 0.6 is 0 Å². The summed E-state index contributed by atoms with van der Waals surface area (Å²) in [6.45, 7) is 2.59. The van der Waals surface area contributed by atoms with Crippen LogP contribution in [-0.2, 0) is 20.9 Å². The zero-order valence-corrected chi connectivity index (χ0v) is 11.3. The topological polar surface area (TPSA) is 81.9 Å². The van der Waals surface area contributed by atoms with Crippen molar-refractivity contribution in [1.29, 1.82) is 0 Å². The summed E-state index contributed by atoms with van der Waals surface area (Å²) in [6, 6.07) is 1.52. The molecule has 1 heterocycles. The zero-order valence-electron chi connectivity index (χ0n) is 11.3. The zero-order chi connectivity index (χ0) is 14.3. The van der Waals surface area contributed by atoms with E-state index in [-0.39, 0.29) is 37.1 Å². The van der Waals surface area contributed by atoms with E-state index < -0.39 is 0 Å². The summed E-state index contributed by atoms with van der Waals surface area (Å²) in [6.07, 6.45) is 0.152. The molecule has 0 aliphatic heterocycles. The lowest BCUT2D eigenvalue weighted by molar-refractivity contribution is -0.143. The summed E-state index contributed by atoms with van der Waals surface area (Å²) >= 11 is 0. The number of methoxy groups -OCH3 is 1. The van der Waals surface area contributed by atoms with E-state index in [0.717, 1.165) is 0 Å². The van der Waals surface area contributed by atoms with E-state index in [2.05, 4.69) is 5.16 Å². The highest BCUT2D eigenvalue weighted by molar-refractivity contribution is 5.92. The van der Waals surface area contributed by atoms with E-state index >= 15 is 0 Å². The normalized spacial score (nSPS) is 10.3. The smallest absolute Gasteiger partial charge is 0.307 e. The van der Waals surface area contributed by atoms with Crippen molar-refractivity contribution in [3.05, 3.63) is 17.5 Å². The Morgan fingerprint density at radius 2 is 2.21 bits per heavy atom. The van der Waals surface area contributed by atoms with Gasteiger partial charge in [-0.1, -0.05) is 5.16 Å². The van der Waals surface area contributed by atoms with Gasteiger partial charge in [-0.25, -0.2) is 0 Å². The molecule has 106 valence electrons. The molecule has 1 rings (SSSR count). The minimum absolute atomic E-state index is 0.152. The van der Waals surface area contributed by atoms with Gasteiger partial charge in [-0.05, 0) is 6.92 Å². The highest BCUT2D eigenvalue weighted by Crippen LogP contribution is 2.07. The van der Waals surface area contributed by atoms with Gasteiger partial charge in [0.2, 0.25) is 0 Å². The monoisotopic (exact) mass is 270 g/mol. The summed E-state index contributed by atoms with van der Waals surface area (Å²) in [5, 5.41) is 3.66. The average molecular weight is 270 g/mol. The first-order valence-corrected chi connectivity index (χ1v) is 5.94. The van der Waals surface area contributed by atoms with Gasteiger partial charge in [-0.15, -0.1) is 0 Å². The maximum Gasteiger partial charge on any atom is 0.307 e. The summed E-state index contributed by atoms with van der Waals surface area (Å²) in [5.41, 5.74) is 0.193. The summed E-state index contributed by atoms with van der Waals surface area (Å²) in [5.74, 6) is -0.164. The second-order valence-electron chi connectivity index (χ2n) is 3.89. The molecule has 0 fully saturated rings. The Labute approximate surface area is 111 Å². The first-order valence-electron chi connectivity index (χ1n) is 5.94. The molecule has 0 N–H and O–H groups in total. The van der Waals surface area contributed by atoms with Crippen molar-refractivity contribution in [2.75, 3.05) is 27.3 Å². The number of nitrogens with zero attached hydrogens (tertiary/aromatic N) is 2. The molecule has 0 saturated carbocycles. The first kappa shape index (κ1) is 15.2. The quantitative estimate of drug-likeness (QED) is 0.683. The number of carbonyl (C=O) groups is 2. The fraction of sp³-hybridized carbons (Fsp3) is 0.583. The van der Waals surface area contributed by atoms with Gasteiger partial charge in [0, 0.05) is 26.8 Å². The predicted molar refractivity (Wildman–Crippen MR) is 65.4 cm³/mol. The molecule has 0 atom stereocenters. The van der Waals surface area contributed by atoms with Crippen LogP contribution in [0.1, 0.15) is 29.6 Å². The van der Waals surface area contributed by atoms with Crippen molar-refractivity contribution in [3.8, 4) is 0 Å². The minimum atomic E-state index is -0.331. The molecule has 0 radical (unpaired) electrons. The summed E-state index contributed by atoms with van der Waals surface area (Å²) < 4.78 is 14.6. The van der Waals surface area contributed by atoms with Gasteiger partial charge in [0.25, 0.3) is 5.91 Å². The van der Waals surface area contributed by atoms with Gasteiger partial charge in [0.1, 0.15) is 6.61 Å². The van der Waals surface area contributed by atoms with Crippen LogP contribution < -0.4 is 0 Å². The highest BCUT2D eigenvalue weighted by Gasteiger charge is 2.17. The Morgan fingerprint density at radius 3 is 2.84 bits per heavy atom. The van der Waals surface area contributed by atoms with Crippen molar-refractivity contribution in [1.82, 2.24) is 10.1 Å². The van der Waals surface area contributed by atoms with Crippen LogP contribution in [-0.4, -0.2) is 49.2 Å². The fourth-order valence-corrected chi connectivity index (χ4v) is 1.41. The fourth-order valence-electron chi connectivity index (χ4n) is 1.41. The number of hydrogen-bond donors (Lipinski definition) is 0. The summed E-state index contributed by atoms with van der Waals surface area (Å²) in [7, 11) is 3.11. The maximum atomic E-state index is 11.9. The van der Waals surface area contributed by atoms with Crippen molar-refractivity contribution in [2.24, 2.45) is 0 Å². The van der Waals surface area contributed by atoms with Crippen molar-refractivity contribution < 1.29 is 23.6 Å². The number of rotatable bonds is 7.